The first-order chi connectivity index (χ1) is 5.74. The highest BCUT2D eigenvalue weighted by atomic mass is 35.5. The van der Waals surface area contributed by atoms with E-state index in [-0.39, 0.29) is 5.37 Å². The van der Waals surface area contributed by atoms with Gasteiger partial charge in [-0.15, -0.1) is 11.8 Å². The summed E-state index contributed by atoms with van der Waals surface area (Å²) in [4.78, 5) is 3.67. The Hall–Kier alpha value is -0.380. The summed E-state index contributed by atoms with van der Waals surface area (Å²) < 4.78 is 0. The number of hydrogen-bond acceptors (Lipinski definition) is 3. The zero-order chi connectivity index (χ0) is 8.97. The van der Waals surface area contributed by atoms with Gasteiger partial charge in [-0.1, -0.05) is 12.1 Å². The molecule has 1 unspecified atom stereocenters. The molecule has 0 aliphatic heterocycles. The van der Waals surface area contributed by atoms with Crippen molar-refractivity contribution >= 4 is 29.2 Å². The van der Waals surface area contributed by atoms with Crippen molar-refractivity contribution in [2.75, 3.05) is 5.73 Å². The summed E-state index contributed by atoms with van der Waals surface area (Å²) in [6.45, 7) is 1.98. The third-order valence-electron chi connectivity index (χ3n) is 1.38. The Bertz CT molecular complexity index is 255. The minimum Gasteiger partial charge on any atom is -0.398 e. The van der Waals surface area contributed by atoms with Crippen LogP contribution in [0.4, 0.5) is 5.69 Å². The number of anilines is 1. The quantitative estimate of drug-likeness (QED) is 0.342. The first-order valence-electron chi connectivity index (χ1n) is 3.61. The fraction of sp³-hybridized carbons (Fsp3) is 0.250. The second-order valence-electron chi connectivity index (χ2n) is 2.41. The van der Waals surface area contributed by atoms with Crippen molar-refractivity contribution in [3.63, 3.8) is 0 Å². The van der Waals surface area contributed by atoms with E-state index in [0.29, 0.717) is 0 Å². The van der Waals surface area contributed by atoms with Crippen LogP contribution in [0.1, 0.15) is 6.92 Å². The van der Waals surface area contributed by atoms with Gasteiger partial charge in [-0.3, -0.25) is 0 Å². The van der Waals surface area contributed by atoms with E-state index in [0.717, 1.165) is 10.6 Å². The molecule has 2 nitrogen and oxygen atoms in total. The van der Waals surface area contributed by atoms with Gasteiger partial charge in [0.2, 0.25) is 0 Å². The summed E-state index contributed by atoms with van der Waals surface area (Å²) in [5.74, 6) is 0. The number of rotatable bonds is 3. The molecule has 0 heterocycles. The average molecular weight is 203 g/mol. The molecule has 0 bridgehead atoms. The Morgan fingerprint density at radius 2 is 2.17 bits per heavy atom. The van der Waals surface area contributed by atoms with Gasteiger partial charge in [0.05, 0.1) is 5.37 Å². The summed E-state index contributed by atoms with van der Waals surface area (Å²) in [7, 11) is 0. The van der Waals surface area contributed by atoms with Gasteiger partial charge in [0.25, 0.3) is 0 Å². The van der Waals surface area contributed by atoms with Crippen molar-refractivity contribution in [3.05, 3.63) is 24.3 Å². The molecule has 0 spiro atoms. The van der Waals surface area contributed by atoms with Crippen molar-refractivity contribution in [3.8, 4) is 0 Å². The van der Waals surface area contributed by atoms with Gasteiger partial charge in [0.15, 0.2) is 0 Å². The third-order valence-corrected chi connectivity index (χ3v) is 2.93. The predicted molar refractivity (Wildman–Crippen MR) is 55.2 cm³/mol. The summed E-state index contributed by atoms with van der Waals surface area (Å²) in [5.41, 5.74) is 6.52. The highest BCUT2D eigenvalue weighted by Crippen LogP contribution is 2.27. The van der Waals surface area contributed by atoms with Gasteiger partial charge < -0.3 is 5.73 Å². The van der Waals surface area contributed by atoms with Crippen LogP contribution in [0.25, 0.3) is 0 Å². The molecule has 1 aromatic carbocycles. The van der Waals surface area contributed by atoms with E-state index < -0.39 is 0 Å². The summed E-state index contributed by atoms with van der Waals surface area (Å²) in [5, 5.41) is 0.163. The normalized spacial score (nSPS) is 12.8. The molecule has 0 saturated carbocycles. The van der Waals surface area contributed by atoms with Crippen molar-refractivity contribution in [2.24, 2.45) is 0 Å². The van der Waals surface area contributed by atoms with Crippen LogP contribution in [0.5, 0.6) is 0 Å². The average Bonchev–Trinajstić information content (AvgIpc) is 2.09. The number of nitrogen functional groups attached to an aromatic ring is 1. The van der Waals surface area contributed by atoms with E-state index in [9.17, 15) is 0 Å². The Kier molecular flexibility index (Phi) is 3.72. The second-order valence-corrected chi connectivity index (χ2v) is 4.01. The fourth-order valence-corrected chi connectivity index (χ4v) is 1.72. The van der Waals surface area contributed by atoms with Crippen molar-refractivity contribution in [1.82, 2.24) is 4.84 Å². The number of nitrogens with one attached hydrogen (secondary N) is 1. The lowest BCUT2D eigenvalue weighted by atomic mass is 10.3. The van der Waals surface area contributed by atoms with Crippen LogP contribution in [0.3, 0.4) is 0 Å². The van der Waals surface area contributed by atoms with Crippen LogP contribution < -0.4 is 10.6 Å². The molecule has 66 valence electrons. The van der Waals surface area contributed by atoms with E-state index >= 15 is 0 Å². The molecule has 1 aromatic rings. The molecule has 0 fully saturated rings. The molecular weight excluding hydrogens is 192 g/mol. The standard InChI is InChI=1S/C8H11ClN2S/c1-6(11-9)12-8-5-3-2-4-7(8)10/h2-6,11H,10H2,1H3. The molecule has 1 rings (SSSR count). The minimum absolute atomic E-state index is 0.163. The highest BCUT2D eigenvalue weighted by molar-refractivity contribution is 8.00. The largest absolute Gasteiger partial charge is 0.398 e. The second kappa shape index (κ2) is 4.60. The van der Waals surface area contributed by atoms with Gasteiger partial charge in [0.1, 0.15) is 0 Å². The molecule has 0 saturated heterocycles. The third kappa shape index (κ3) is 2.59. The summed E-state index contributed by atoms with van der Waals surface area (Å²) in [6, 6.07) is 7.73. The van der Waals surface area contributed by atoms with E-state index in [1.165, 1.54) is 0 Å². The molecule has 0 radical (unpaired) electrons. The number of hydrogen-bond donors (Lipinski definition) is 2. The number of benzene rings is 1. The van der Waals surface area contributed by atoms with Gasteiger partial charge >= 0.3 is 0 Å². The molecule has 3 N–H and O–H groups in total. The maximum Gasteiger partial charge on any atom is 0.0693 e. The van der Waals surface area contributed by atoms with Gasteiger partial charge in [-0.25, -0.2) is 4.84 Å². The van der Waals surface area contributed by atoms with Crippen molar-refractivity contribution < 1.29 is 0 Å². The zero-order valence-corrected chi connectivity index (χ0v) is 8.32. The van der Waals surface area contributed by atoms with Crippen LogP contribution >= 0.6 is 23.5 Å². The molecule has 4 heteroatoms. The molecular formula is C8H11ClN2S. The first-order valence-corrected chi connectivity index (χ1v) is 4.87. The van der Waals surface area contributed by atoms with E-state index in [1.54, 1.807) is 11.8 Å². The topological polar surface area (TPSA) is 38.0 Å². The summed E-state index contributed by atoms with van der Waals surface area (Å²) >= 11 is 7.04. The zero-order valence-electron chi connectivity index (χ0n) is 6.75. The lowest BCUT2D eigenvalue weighted by Gasteiger charge is -2.09. The van der Waals surface area contributed by atoms with E-state index in [2.05, 4.69) is 4.84 Å². The van der Waals surface area contributed by atoms with Crippen LogP contribution in [0, 0.1) is 0 Å². The molecule has 0 aliphatic carbocycles. The lowest BCUT2D eigenvalue weighted by molar-refractivity contribution is 0.943. The molecule has 1 atom stereocenters. The number of halogens is 1. The Morgan fingerprint density at radius 3 is 2.75 bits per heavy atom. The van der Waals surface area contributed by atoms with Crippen molar-refractivity contribution in [2.45, 2.75) is 17.2 Å². The number of para-hydroxylation sites is 1. The Morgan fingerprint density at radius 1 is 1.50 bits per heavy atom. The van der Waals surface area contributed by atoms with Gasteiger partial charge in [0, 0.05) is 10.6 Å². The SMILES string of the molecule is CC(NCl)Sc1ccccc1N. The van der Waals surface area contributed by atoms with Crippen LogP contribution in [0.2, 0.25) is 0 Å². The molecule has 0 aromatic heterocycles. The van der Waals surface area contributed by atoms with E-state index in [4.69, 9.17) is 17.5 Å². The summed E-state index contributed by atoms with van der Waals surface area (Å²) in [6.07, 6.45) is 0. The lowest BCUT2D eigenvalue weighted by Crippen LogP contribution is -2.10. The van der Waals surface area contributed by atoms with Gasteiger partial charge in [-0.05, 0) is 30.8 Å². The number of thioether (sulfide) groups is 1. The minimum atomic E-state index is 0.163. The molecule has 12 heavy (non-hydrogen) atoms. The van der Waals surface area contributed by atoms with E-state index in [1.807, 2.05) is 31.2 Å². The van der Waals surface area contributed by atoms with Crippen LogP contribution in [-0.4, -0.2) is 5.37 Å². The smallest absolute Gasteiger partial charge is 0.0693 e. The maximum absolute atomic E-state index is 5.73. The van der Waals surface area contributed by atoms with Crippen LogP contribution in [0.15, 0.2) is 29.2 Å². The van der Waals surface area contributed by atoms with Crippen LogP contribution in [-0.2, 0) is 0 Å². The van der Waals surface area contributed by atoms with Gasteiger partial charge in [-0.2, -0.15) is 0 Å². The Balaban J connectivity index is 2.69. The number of nitrogens with two attached hydrogens (primary N) is 1. The first kappa shape index (κ1) is 9.71. The highest BCUT2D eigenvalue weighted by Gasteiger charge is 2.03. The predicted octanol–water partition coefficient (Wildman–Crippen LogP) is 2.45. The molecule has 0 aliphatic rings. The maximum atomic E-state index is 5.73. The molecule has 0 amide bonds. The van der Waals surface area contributed by atoms with Crippen molar-refractivity contribution in [1.29, 1.82) is 0 Å². The fourth-order valence-electron chi connectivity index (χ4n) is 0.801. The monoisotopic (exact) mass is 202 g/mol. The Labute approximate surface area is 81.6 Å².